The summed E-state index contributed by atoms with van der Waals surface area (Å²) in [6.07, 6.45) is 10.6. The number of nitrogens with one attached hydrogen (secondary N) is 1. The van der Waals surface area contributed by atoms with E-state index in [1.54, 1.807) is 0 Å². The Balaban J connectivity index is 1.83. The van der Waals surface area contributed by atoms with Crippen LogP contribution in [0.5, 0.6) is 0 Å². The van der Waals surface area contributed by atoms with Crippen LogP contribution in [-0.2, 0) is 4.79 Å². The number of carbonyl (C=O) groups is 1. The summed E-state index contributed by atoms with van der Waals surface area (Å²) in [5.41, 5.74) is 5.38. The largest absolute Gasteiger partial charge is 0.368 e. The van der Waals surface area contributed by atoms with Crippen molar-refractivity contribution in [3.05, 3.63) is 0 Å². The van der Waals surface area contributed by atoms with E-state index in [-0.39, 0.29) is 5.91 Å². The molecule has 0 spiro atoms. The first-order valence-electron chi connectivity index (χ1n) is 8.84. The topological polar surface area (TPSA) is 58.4 Å². The Morgan fingerprint density at radius 1 is 1.29 bits per heavy atom. The van der Waals surface area contributed by atoms with Gasteiger partial charge in [0, 0.05) is 6.04 Å². The zero-order valence-corrected chi connectivity index (χ0v) is 13.9. The van der Waals surface area contributed by atoms with Crippen molar-refractivity contribution < 1.29 is 4.79 Å². The molecule has 0 radical (unpaired) electrons. The quantitative estimate of drug-likeness (QED) is 0.608. The van der Waals surface area contributed by atoms with Crippen molar-refractivity contribution in [1.29, 1.82) is 0 Å². The molecular formula is C17H33N3O. The molecule has 0 bridgehead atoms. The first-order valence-corrected chi connectivity index (χ1v) is 8.84. The zero-order chi connectivity index (χ0) is 15.3. The fraction of sp³-hybridized carbons (Fsp3) is 0.941. The van der Waals surface area contributed by atoms with E-state index in [4.69, 9.17) is 5.73 Å². The second-order valence-electron chi connectivity index (χ2n) is 7.14. The summed E-state index contributed by atoms with van der Waals surface area (Å²) in [5.74, 6) is 0.301. The van der Waals surface area contributed by atoms with Gasteiger partial charge in [-0.1, -0.05) is 26.2 Å². The highest BCUT2D eigenvalue weighted by Crippen LogP contribution is 2.40. The molecule has 0 aliphatic heterocycles. The lowest BCUT2D eigenvalue weighted by Crippen LogP contribution is -2.59. The van der Waals surface area contributed by atoms with Gasteiger partial charge in [-0.25, -0.2) is 0 Å². The minimum Gasteiger partial charge on any atom is -0.368 e. The number of rotatable bonds is 10. The molecule has 2 fully saturated rings. The maximum Gasteiger partial charge on any atom is 0.238 e. The molecule has 2 rings (SSSR count). The van der Waals surface area contributed by atoms with Crippen molar-refractivity contribution in [2.45, 2.75) is 76.3 Å². The molecule has 2 atom stereocenters. The number of hydrogen-bond donors (Lipinski definition) is 2. The Morgan fingerprint density at radius 3 is 2.67 bits per heavy atom. The molecule has 2 aliphatic carbocycles. The maximum atomic E-state index is 12.1. The number of carbonyl (C=O) groups excluding carboxylic acids is 1. The molecule has 4 heteroatoms. The van der Waals surface area contributed by atoms with Crippen LogP contribution in [0.1, 0.15) is 64.7 Å². The minimum absolute atomic E-state index is 0.120. The standard InChI is InChI=1S/C17H33N3O/c1-3-4-5-12-20(2)13-10-14-7-6-11-17(14,16(18)21)19-15-8-9-15/h14-15,19H,3-13H2,1-2H3,(H2,18,21). The van der Waals surface area contributed by atoms with Gasteiger partial charge in [-0.15, -0.1) is 0 Å². The van der Waals surface area contributed by atoms with Crippen molar-refractivity contribution in [2.75, 3.05) is 20.1 Å². The van der Waals surface area contributed by atoms with Gasteiger partial charge >= 0.3 is 0 Å². The van der Waals surface area contributed by atoms with Gasteiger partial charge in [0.15, 0.2) is 0 Å². The summed E-state index contributed by atoms with van der Waals surface area (Å²) in [6, 6.07) is 0.542. The molecule has 122 valence electrons. The average molecular weight is 295 g/mol. The van der Waals surface area contributed by atoms with Gasteiger partial charge in [0.2, 0.25) is 5.91 Å². The van der Waals surface area contributed by atoms with E-state index in [2.05, 4.69) is 24.2 Å². The van der Waals surface area contributed by atoms with Gasteiger partial charge in [-0.3, -0.25) is 4.79 Å². The van der Waals surface area contributed by atoms with Crippen LogP contribution in [0.3, 0.4) is 0 Å². The molecular weight excluding hydrogens is 262 g/mol. The van der Waals surface area contributed by atoms with Gasteiger partial charge in [0.05, 0.1) is 0 Å². The lowest BCUT2D eigenvalue weighted by atomic mass is 9.83. The molecule has 0 heterocycles. The van der Waals surface area contributed by atoms with Crippen molar-refractivity contribution in [2.24, 2.45) is 11.7 Å². The van der Waals surface area contributed by atoms with E-state index in [0.717, 1.165) is 32.2 Å². The number of nitrogens with two attached hydrogens (primary N) is 1. The highest BCUT2D eigenvalue weighted by molar-refractivity contribution is 5.85. The van der Waals surface area contributed by atoms with E-state index in [0.29, 0.717) is 12.0 Å². The highest BCUT2D eigenvalue weighted by atomic mass is 16.1. The number of hydrogen-bond acceptors (Lipinski definition) is 3. The lowest BCUT2D eigenvalue weighted by molar-refractivity contribution is -0.126. The number of unbranched alkanes of at least 4 members (excludes halogenated alkanes) is 2. The van der Waals surface area contributed by atoms with E-state index < -0.39 is 5.54 Å². The third kappa shape index (κ3) is 4.43. The van der Waals surface area contributed by atoms with Crippen molar-refractivity contribution >= 4 is 5.91 Å². The van der Waals surface area contributed by atoms with Crippen molar-refractivity contribution in [1.82, 2.24) is 10.2 Å². The molecule has 0 aromatic carbocycles. The van der Waals surface area contributed by atoms with Crippen LogP contribution < -0.4 is 11.1 Å². The molecule has 1 amide bonds. The van der Waals surface area contributed by atoms with E-state index in [1.165, 1.54) is 38.6 Å². The van der Waals surface area contributed by atoms with Gasteiger partial charge in [-0.2, -0.15) is 0 Å². The SMILES string of the molecule is CCCCCN(C)CCC1CCCC1(NC1CC1)C(N)=O. The Morgan fingerprint density at radius 2 is 2.05 bits per heavy atom. The number of primary amides is 1. The molecule has 2 aliphatic rings. The average Bonchev–Trinajstić information content (AvgIpc) is 3.15. The predicted molar refractivity (Wildman–Crippen MR) is 87.1 cm³/mol. The van der Waals surface area contributed by atoms with Crippen LogP contribution in [0.4, 0.5) is 0 Å². The van der Waals surface area contributed by atoms with E-state index in [9.17, 15) is 4.79 Å². The molecule has 4 nitrogen and oxygen atoms in total. The van der Waals surface area contributed by atoms with Crippen LogP contribution in [-0.4, -0.2) is 42.5 Å². The molecule has 2 saturated carbocycles. The van der Waals surface area contributed by atoms with Crippen molar-refractivity contribution in [3.63, 3.8) is 0 Å². The number of nitrogens with zero attached hydrogens (tertiary/aromatic N) is 1. The van der Waals surface area contributed by atoms with Crippen LogP contribution >= 0.6 is 0 Å². The third-order valence-electron chi connectivity index (χ3n) is 5.30. The molecule has 0 aromatic heterocycles. The zero-order valence-electron chi connectivity index (χ0n) is 13.9. The van der Waals surface area contributed by atoms with Gasteiger partial charge < -0.3 is 16.0 Å². The summed E-state index contributed by atoms with van der Waals surface area (Å²) < 4.78 is 0. The van der Waals surface area contributed by atoms with Crippen LogP contribution in [0.15, 0.2) is 0 Å². The van der Waals surface area contributed by atoms with Crippen LogP contribution in [0.2, 0.25) is 0 Å². The lowest BCUT2D eigenvalue weighted by Gasteiger charge is -2.34. The van der Waals surface area contributed by atoms with Crippen LogP contribution in [0.25, 0.3) is 0 Å². The summed E-state index contributed by atoms with van der Waals surface area (Å²) in [7, 11) is 2.20. The van der Waals surface area contributed by atoms with Gasteiger partial charge in [-0.05, 0) is 64.6 Å². The third-order valence-corrected chi connectivity index (χ3v) is 5.30. The van der Waals surface area contributed by atoms with Gasteiger partial charge in [0.1, 0.15) is 5.54 Å². The Hall–Kier alpha value is -0.610. The molecule has 2 unspecified atom stereocenters. The molecule has 0 saturated heterocycles. The normalized spacial score (nSPS) is 29.2. The Kier molecular flexibility index (Phi) is 6.06. The van der Waals surface area contributed by atoms with Crippen molar-refractivity contribution in [3.8, 4) is 0 Å². The monoisotopic (exact) mass is 295 g/mol. The first-order chi connectivity index (χ1) is 10.1. The summed E-state index contributed by atoms with van der Waals surface area (Å²) in [5, 5.41) is 3.60. The predicted octanol–water partition coefficient (Wildman–Crippen LogP) is 2.27. The Bertz CT molecular complexity index is 343. The summed E-state index contributed by atoms with van der Waals surface area (Å²) in [4.78, 5) is 14.5. The second-order valence-corrected chi connectivity index (χ2v) is 7.14. The fourth-order valence-corrected chi connectivity index (χ4v) is 3.77. The smallest absolute Gasteiger partial charge is 0.238 e. The van der Waals surface area contributed by atoms with Gasteiger partial charge in [0.25, 0.3) is 0 Å². The molecule has 3 N–H and O–H groups in total. The number of amides is 1. The van der Waals surface area contributed by atoms with Crippen LogP contribution in [0, 0.1) is 5.92 Å². The second kappa shape index (κ2) is 7.59. The molecule has 21 heavy (non-hydrogen) atoms. The van der Waals surface area contributed by atoms with E-state index >= 15 is 0 Å². The first kappa shape index (κ1) is 16.8. The Labute approximate surface area is 129 Å². The highest BCUT2D eigenvalue weighted by Gasteiger charge is 2.49. The molecule has 0 aromatic rings. The minimum atomic E-state index is -0.411. The summed E-state index contributed by atoms with van der Waals surface area (Å²) >= 11 is 0. The fourth-order valence-electron chi connectivity index (χ4n) is 3.77. The van der Waals surface area contributed by atoms with E-state index in [1.807, 2.05) is 0 Å². The maximum absolute atomic E-state index is 12.1. The summed E-state index contributed by atoms with van der Waals surface area (Å²) in [6.45, 7) is 4.49.